The van der Waals surface area contributed by atoms with Gasteiger partial charge in [0.1, 0.15) is 0 Å². The Bertz CT molecular complexity index is 4810. The third-order valence-corrected chi connectivity index (χ3v) is 17.4. The van der Waals surface area contributed by atoms with Crippen molar-refractivity contribution in [1.29, 1.82) is 0 Å². The van der Waals surface area contributed by atoms with Gasteiger partial charge in [0.15, 0.2) is 17.5 Å². The van der Waals surface area contributed by atoms with Gasteiger partial charge in [-0.05, 0) is 117 Å². The molecule has 2 aliphatic carbocycles. The summed E-state index contributed by atoms with van der Waals surface area (Å²) < 4.78 is 4.97. The highest BCUT2D eigenvalue weighted by atomic mass is 15.0. The van der Waals surface area contributed by atoms with E-state index in [1.165, 1.54) is 66.1 Å². The van der Waals surface area contributed by atoms with Gasteiger partial charge in [0.2, 0.25) is 0 Å². The molecule has 14 aromatic rings. The van der Waals surface area contributed by atoms with Crippen LogP contribution in [0.25, 0.3) is 134 Å². The van der Waals surface area contributed by atoms with Gasteiger partial charge in [-0.1, -0.05) is 198 Å². The Labute approximate surface area is 464 Å². The van der Waals surface area contributed by atoms with Crippen LogP contribution in [-0.4, -0.2) is 29.1 Å². The van der Waals surface area contributed by atoms with Gasteiger partial charge < -0.3 is 9.13 Å². The smallest absolute Gasteiger partial charge is 0.164 e. The SMILES string of the molecule is CC1(C)c2ccccc2-c2ccc3c(c21)c1ccccc1n3-c1ccc(-c2nc(-c3ccccc3)nc(-c3ccccc3)n2)c(-c2cc(-c3ccccn3)ccc2-n2c3ccccc3c3c4c(ccc32)-c2ccccc2C4(C)C)c1. The maximum Gasteiger partial charge on any atom is 0.164 e. The van der Waals surface area contributed by atoms with Crippen molar-refractivity contribution in [2.75, 3.05) is 0 Å². The van der Waals surface area contributed by atoms with Crippen molar-refractivity contribution < 1.29 is 0 Å². The second-order valence-corrected chi connectivity index (χ2v) is 22.5. The minimum Gasteiger partial charge on any atom is -0.309 e. The van der Waals surface area contributed by atoms with Crippen LogP contribution in [-0.2, 0) is 10.8 Å². The number of pyridine rings is 1. The Morgan fingerprint density at radius 3 is 1.41 bits per heavy atom. The molecule has 2 aliphatic rings. The third-order valence-electron chi connectivity index (χ3n) is 17.4. The fourth-order valence-electron chi connectivity index (χ4n) is 13.9. The van der Waals surface area contributed by atoms with Gasteiger partial charge in [0.05, 0.1) is 33.4 Å². The van der Waals surface area contributed by atoms with E-state index >= 15 is 0 Å². The first kappa shape index (κ1) is 46.1. The summed E-state index contributed by atoms with van der Waals surface area (Å²) in [6.45, 7) is 9.55. The monoisotopic (exact) mass is 1020 g/mol. The van der Waals surface area contributed by atoms with Crippen LogP contribution in [0.1, 0.15) is 49.9 Å². The minimum atomic E-state index is -0.237. The average molecular weight is 1030 g/mol. The minimum absolute atomic E-state index is 0.220. The summed E-state index contributed by atoms with van der Waals surface area (Å²) in [5.74, 6) is 1.78. The lowest BCUT2D eigenvalue weighted by molar-refractivity contribution is 0.666. The van der Waals surface area contributed by atoms with Crippen molar-refractivity contribution in [1.82, 2.24) is 29.1 Å². The predicted octanol–water partition coefficient (Wildman–Crippen LogP) is 18.4. The summed E-state index contributed by atoms with van der Waals surface area (Å²) in [5.41, 5.74) is 23.4. The molecule has 0 saturated heterocycles. The van der Waals surface area contributed by atoms with Crippen LogP contribution in [0.5, 0.6) is 0 Å². The van der Waals surface area contributed by atoms with Gasteiger partial charge in [-0.25, -0.2) is 15.0 Å². The fraction of sp³-hybridized carbons (Fsp3) is 0.0811. The molecule has 378 valence electrons. The molecule has 0 saturated carbocycles. The molecule has 0 radical (unpaired) electrons. The van der Waals surface area contributed by atoms with Gasteiger partial charge in [-0.2, -0.15) is 0 Å². The molecule has 0 amide bonds. The molecule has 0 fully saturated rings. The van der Waals surface area contributed by atoms with Gasteiger partial charge in [-0.15, -0.1) is 0 Å². The molecule has 0 N–H and O–H groups in total. The van der Waals surface area contributed by atoms with Crippen LogP contribution in [0, 0.1) is 0 Å². The molecular weight excluding hydrogens is 973 g/mol. The molecule has 0 spiro atoms. The number of hydrogen-bond acceptors (Lipinski definition) is 4. The number of nitrogens with zero attached hydrogens (tertiary/aromatic N) is 6. The Hall–Kier alpha value is -10.0. The molecule has 4 aromatic heterocycles. The van der Waals surface area contributed by atoms with Crippen LogP contribution in [0.3, 0.4) is 0 Å². The van der Waals surface area contributed by atoms with E-state index in [-0.39, 0.29) is 10.8 Å². The summed E-state index contributed by atoms with van der Waals surface area (Å²) in [6.07, 6.45) is 1.88. The number of hydrogen-bond donors (Lipinski definition) is 0. The van der Waals surface area contributed by atoms with Crippen LogP contribution < -0.4 is 0 Å². The molecule has 16 rings (SSSR count). The summed E-state index contributed by atoms with van der Waals surface area (Å²) >= 11 is 0. The highest BCUT2D eigenvalue weighted by molar-refractivity contribution is 6.16. The highest BCUT2D eigenvalue weighted by Crippen LogP contribution is 2.56. The first-order valence-electron chi connectivity index (χ1n) is 27.6. The fourth-order valence-corrected chi connectivity index (χ4v) is 13.9. The molecule has 6 heteroatoms. The second-order valence-electron chi connectivity index (χ2n) is 22.5. The molecule has 10 aromatic carbocycles. The molecule has 80 heavy (non-hydrogen) atoms. The molecule has 6 nitrogen and oxygen atoms in total. The van der Waals surface area contributed by atoms with Crippen molar-refractivity contribution in [2.45, 2.75) is 38.5 Å². The van der Waals surface area contributed by atoms with Crippen LogP contribution in [0.2, 0.25) is 0 Å². The van der Waals surface area contributed by atoms with Crippen molar-refractivity contribution in [3.63, 3.8) is 0 Å². The van der Waals surface area contributed by atoms with Gasteiger partial charge in [0.25, 0.3) is 0 Å². The Morgan fingerprint density at radius 2 is 0.825 bits per heavy atom. The molecule has 0 unspecified atom stereocenters. The summed E-state index contributed by atoms with van der Waals surface area (Å²) in [6, 6.07) is 85.6. The molecule has 0 atom stereocenters. The van der Waals surface area contributed by atoms with Crippen LogP contribution in [0.4, 0.5) is 0 Å². The van der Waals surface area contributed by atoms with Crippen molar-refractivity contribution >= 4 is 43.6 Å². The zero-order chi connectivity index (χ0) is 53.4. The van der Waals surface area contributed by atoms with E-state index in [0.29, 0.717) is 17.5 Å². The van der Waals surface area contributed by atoms with E-state index in [4.69, 9.17) is 19.9 Å². The zero-order valence-electron chi connectivity index (χ0n) is 44.8. The van der Waals surface area contributed by atoms with E-state index in [9.17, 15) is 0 Å². The lowest BCUT2D eigenvalue weighted by atomic mass is 9.80. The van der Waals surface area contributed by atoms with Gasteiger partial charge in [0, 0.05) is 72.1 Å². The molecule has 0 bridgehead atoms. The van der Waals surface area contributed by atoms with E-state index in [1.54, 1.807) is 0 Å². The topological polar surface area (TPSA) is 61.4 Å². The molecular formula is C74H52N6. The van der Waals surface area contributed by atoms with Gasteiger partial charge in [-0.3, -0.25) is 4.98 Å². The standard InChI is InChI=1S/C74H52N6/c1-73(2)58-29-15-11-25-49(58)51-37-40-64-66(68(51)73)54-27-13-17-32-61(54)79(64)48-35-36-53(72-77-70(45-21-7-5-8-22-45)76-71(78-72)46-23-9-6-10-24-46)56(44-48)57-43-47(60-31-19-20-42-75-60)34-39-63(57)80-62-33-18-14-28-55(62)67-65(80)41-38-52-50-26-12-16-30-59(50)74(3,4)69(52)67/h5-44H,1-4H3. The lowest BCUT2D eigenvalue weighted by Gasteiger charge is -2.23. The zero-order valence-corrected chi connectivity index (χ0v) is 44.8. The van der Waals surface area contributed by atoms with E-state index in [0.717, 1.165) is 72.5 Å². The van der Waals surface area contributed by atoms with E-state index < -0.39 is 0 Å². The van der Waals surface area contributed by atoms with Crippen molar-refractivity contribution in [3.05, 3.63) is 265 Å². The van der Waals surface area contributed by atoms with Crippen LogP contribution >= 0.6 is 0 Å². The number of rotatable bonds is 7. The Morgan fingerprint density at radius 1 is 0.325 bits per heavy atom. The number of fused-ring (bicyclic) bond motifs is 14. The Kier molecular flexibility index (Phi) is 9.93. The predicted molar refractivity (Wildman–Crippen MR) is 329 cm³/mol. The first-order valence-corrected chi connectivity index (χ1v) is 27.6. The maximum absolute atomic E-state index is 5.45. The molecule has 4 heterocycles. The summed E-state index contributed by atoms with van der Waals surface area (Å²) in [4.78, 5) is 21.0. The largest absolute Gasteiger partial charge is 0.309 e. The van der Waals surface area contributed by atoms with Crippen molar-refractivity contribution in [3.8, 4) is 90.2 Å². The van der Waals surface area contributed by atoms with E-state index in [1.807, 2.05) is 48.7 Å². The maximum atomic E-state index is 5.45. The van der Waals surface area contributed by atoms with Crippen molar-refractivity contribution in [2.24, 2.45) is 0 Å². The first-order chi connectivity index (χ1) is 39.2. The number of para-hydroxylation sites is 2. The van der Waals surface area contributed by atoms with Crippen LogP contribution in [0.15, 0.2) is 243 Å². The van der Waals surface area contributed by atoms with E-state index in [2.05, 4.69) is 231 Å². The summed E-state index contributed by atoms with van der Waals surface area (Å²) in [7, 11) is 0. The normalized spacial score (nSPS) is 13.7. The lowest BCUT2D eigenvalue weighted by Crippen LogP contribution is -2.15. The Balaban J connectivity index is 1.03. The summed E-state index contributed by atoms with van der Waals surface area (Å²) in [5, 5.41) is 5.00. The third kappa shape index (κ3) is 6.66. The highest BCUT2D eigenvalue weighted by Gasteiger charge is 2.40. The quantitative estimate of drug-likeness (QED) is 0.160. The number of benzene rings is 10. The number of aromatic nitrogens is 6. The second kappa shape index (κ2) is 17.2. The van der Waals surface area contributed by atoms with Gasteiger partial charge >= 0.3 is 0 Å². The average Bonchev–Trinajstić information content (AvgIpc) is 4.03. The molecule has 0 aliphatic heterocycles.